The molecule has 1 saturated heterocycles. The van der Waals surface area contributed by atoms with Gasteiger partial charge in [-0.3, -0.25) is 4.98 Å². The highest BCUT2D eigenvalue weighted by Crippen LogP contribution is 2.07. The summed E-state index contributed by atoms with van der Waals surface area (Å²) in [5.74, 6) is 0.160. The van der Waals surface area contributed by atoms with Crippen LogP contribution in [0.25, 0.3) is 0 Å². The normalized spacial score (nSPS) is 20.6. The molecule has 94 valence electrons. The fraction of sp³-hybridized carbons (Fsp3) is 0.545. The standard InChI is InChI=1S/C11H17N3O2S/c15-17(16,9-11-4-2-6-13-11)14-8-10-3-1-5-12-7-10/h1,3,5,7,11,13-14H,2,4,6,8-9H2. The number of nitrogens with one attached hydrogen (secondary N) is 2. The number of nitrogens with zero attached hydrogens (tertiary/aromatic N) is 1. The van der Waals surface area contributed by atoms with Gasteiger partial charge >= 0.3 is 0 Å². The minimum absolute atomic E-state index is 0.0985. The van der Waals surface area contributed by atoms with Crippen molar-refractivity contribution in [2.75, 3.05) is 12.3 Å². The molecule has 1 unspecified atom stereocenters. The van der Waals surface area contributed by atoms with Gasteiger partial charge in [0.05, 0.1) is 5.75 Å². The second-order valence-corrected chi connectivity index (χ2v) is 6.11. The van der Waals surface area contributed by atoms with E-state index in [2.05, 4.69) is 15.0 Å². The van der Waals surface area contributed by atoms with Gasteiger partial charge in [-0.25, -0.2) is 13.1 Å². The number of hydrogen-bond acceptors (Lipinski definition) is 4. The predicted molar refractivity (Wildman–Crippen MR) is 65.9 cm³/mol. The first kappa shape index (κ1) is 12.5. The summed E-state index contributed by atoms with van der Waals surface area (Å²) >= 11 is 0. The van der Waals surface area contributed by atoms with Crippen molar-refractivity contribution < 1.29 is 8.42 Å². The summed E-state index contributed by atoms with van der Waals surface area (Å²) in [5.41, 5.74) is 0.871. The van der Waals surface area contributed by atoms with Crippen molar-refractivity contribution in [1.29, 1.82) is 0 Å². The van der Waals surface area contributed by atoms with Gasteiger partial charge in [0.2, 0.25) is 10.0 Å². The summed E-state index contributed by atoms with van der Waals surface area (Å²) in [7, 11) is -3.20. The summed E-state index contributed by atoms with van der Waals surface area (Å²) in [6.07, 6.45) is 5.33. The van der Waals surface area contributed by atoms with Gasteiger partial charge in [0, 0.05) is 25.0 Å². The Bertz CT molecular complexity index is 441. The van der Waals surface area contributed by atoms with Gasteiger partial charge in [0.15, 0.2) is 0 Å². The lowest BCUT2D eigenvalue weighted by Gasteiger charge is -2.11. The van der Waals surface area contributed by atoms with E-state index >= 15 is 0 Å². The monoisotopic (exact) mass is 255 g/mol. The van der Waals surface area contributed by atoms with Crippen molar-refractivity contribution in [2.24, 2.45) is 0 Å². The molecule has 1 aliphatic heterocycles. The van der Waals surface area contributed by atoms with E-state index in [0.29, 0.717) is 6.54 Å². The Morgan fingerprint density at radius 3 is 3.06 bits per heavy atom. The highest BCUT2D eigenvalue weighted by Gasteiger charge is 2.21. The first-order valence-corrected chi connectivity index (χ1v) is 7.40. The number of pyridine rings is 1. The van der Waals surface area contributed by atoms with E-state index in [1.165, 1.54) is 0 Å². The van der Waals surface area contributed by atoms with Crippen molar-refractivity contribution in [3.63, 3.8) is 0 Å². The van der Waals surface area contributed by atoms with Crippen LogP contribution < -0.4 is 10.0 Å². The van der Waals surface area contributed by atoms with Crippen LogP contribution in [0.5, 0.6) is 0 Å². The van der Waals surface area contributed by atoms with Crippen LogP contribution in [-0.4, -0.2) is 31.7 Å². The van der Waals surface area contributed by atoms with Gasteiger partial charge in [-0.05, 0) is 31.0 Å². The molecule has 6 heteroatoms. The van der Waals surface area contributed by atoms with Crippen molar-refractivity contribution in [3.8, 4) is 0 Å². The molecule has 1 aliphatic rings. The Balaban J connectivity index is 1.85. The lowest BCUT2D eigenvalue weighted by atomic mass is 10.3. The molecule has 2 heterocycles. The number of hydrogen-bond donors (Lipinski definition) is 2. The fourth-order valence-corrected chi connectivity index (χ4v) is 3.24. The van der Waals surface area contributed by atoms with Gasteiger partial charge in [0.1, 0.15) is 0 Å². The summed E-state index contributed by atoms with van der Waals surface area (Å²) < 4.78 is 26.2. The van der Waals surface area contributed by atoms with Crippen LogP contribution in [0.4, 0.5) is 0 Å². The average molecular weight is 255 g/mol. The zero-order valence-corrected chi connectivity index (χ0v) is 10.4. The molecule has 0 bridgehead atoms. The van der Waals surface area contributed by atoms with Gasteiger partial charge < -0.3 is 5.32 Å². The SMILES string of the molecule is O=S(=O)(CC1CCCN1)NCc1cccnc1. The van der Waals surface area contributed by atoms with E-state index in [9.17, 15) is 8.42 Å². The smallest absolute Gasteiger partial charge is 0.213 e. The average Bonchev–Trinajstić information content (AvgIpc) is 2.80. The predicted octanol–water partition coefficient (Wildman–Crippen LogP) is 0.253. The largest absolute Gasteiger partial charge is 0.313 e. The van der Waals surface area contributed by atoms with Gasteiger partial charge in [-0.2, -0.15) is 0 Å². The molecule has 17 heavy (non-hydrogen) atoms. The third-order valence-corrected chi connectivity index (χ3v) is 4.23. The van der Waals surface area contributed by atoms with Crippen molar-refractivity contribution >= 4 is 10.0 Å². The minimum atomic E-state index is -3.20. The summed E-state index contributed by atoms with van der Waals surface area (Å²) in [5, 5.41) is 3.18. The van der Waals surface area contributed by atoms with Crippen LogP contribution in [0.15, 0.2) is 24.5 Å². The first-order chi connectivity index (χ1) is 8.16. The molecule has 1 aromatic rings. The van der Waals surface area contributed by atoms with Crippen LogP contribution in [0.3, 0.4) is 0 Å². The first-order valence-electron chi connectivity index (χ1n) is 5.75. The second kappa shape index (κ2) is 5.57. The summed E-state index contributed by atoms with van der Waals surface area (Å²) in [4.78, 5) is 3.94. The second-order valence-electron chi connectivity index (χ2n) is 4.26. The van der Waals surface area contributed by atoms with Gasteiger partial charge in [-0.15, -0.1) is 0 Å². The maximum absolute atomic E-state index is 11.8. The van der Waals surface area contributed by atoms with E-state index in [-0.39, 0.29) is 11.8 Å². The van der Waals surface area contributed by atoms with E-state index < -0.39 is 10.0 Å². The van der Waals surface area contributed by atoms with Crippen molar-refractivity contribution in [2.45, 2.75) is 25.4 Å². The van der Waals surface area contributed by atoms with Gasteiger partial charge in [-0.1, -0.05) is 6.07 Å². The van der Waals surface area contributed by atoms with E-state index in [0.717, 1.165) is 24.9 Å². The Labute approximate surface area is 102 Å². The maximum atomic E-state index is 11.8. The quantitative estimate of drug-likeness (QED) is 0.791. The Hall–Kier alpha value is -0.980. The Morgan fingerprint density at radius 2 is 2.41 bits per heavy atom. The molecule has 1 fully saturated rings. The molecular weight excluding hydrogens is 238 g/mol. The topological polar surface area (TPSA) is 71.1 Å². The van der Waals surface area contributed by atoms with E-state index in [4.69, 9.17) is 0 Å². The molecule has 5 nitrogen and oxygen atoms in total. The van der Waals surface area contributed by atoms with Crippen molar-refractivity contribution in [3.05, 3.63) is 30.1 Å². The Morgan fingerprint density at radius 1 is 1.53 bits per heavy atom. The number of aromatic nitrogens is 1. The lowest BCUT2D eigenvalue weighted by Crippen LogP contribution is -2.36. The summed E-state index contributed by atoms with van der Waals surface area (Å²) in [6, 6.07) is 3.74. The molecular formula is C11H17N3O2S. The highest BCUT2D eigenvalue weighted by atomic mass is 32.2. The molecule has 2 N–H and O–H groups in total. The molecule has 0 aliphatic carbocycles. The highest BCUT2D eigenvalue weighted by molar-refractivity contribution is 7.89. The lowest BCUT2D eigenvalue weighted by molar-refractivity contribution is 0.563. The van der Waals surface area contributed by atoms with Crippen LogP contribution in [0.2, 0.25) is 0 Å². The third kappa shape index (κ3) is 4.07. The van der Waals surface area contributed by atoms with Crippen LogP contribution in [0, 0.1) is 0 Å². The van der Waals surface area contributed by atoms with Gasteiger partial charge in [0.25, 0.3) is 0 Å². The Kier molecular flexibility index (Phi) is 4.09. The molecule has 0 amide bonds. The molecule has 0 saturated carbocycles. The van der Waals surface area contributed by atoms with E-state index in [1.54, 1.807) is 18.5 Å². The molecule has 0 radical (unpaired) electrons. The fourth-order valence-electron chi connectivity index (χ4n) is 1.92. The zero-order chi connectivity index (χ0) is 12.1. The summed E-state index contributed by atoms with van der Waals surface area (Å²) in [6.45, 7) is 1.23. The maximum Gasteiger partial charge on any atom is 0.213 e. The molecule has 1 aromatic heterocycles. The van der Waals surface area contributed by atoms with Crippen molar-refractivity contribution in [1.82, 2.24) is 15.0 Å². The third-order valence-electron chi connectivity index (χ3n) is 2.80. The zero-order valence-electron chi connectivity index (χ0n) is 9.59. The van der Waals surface area contributed by atoms with E-state index in [1.807, 2.05) is 6.07 Å². The minimum Gasteiger partial charge on any atom is -0.313 e. The van der Waals surface area contributed by atoms with Crippen LogP contribution >= 0.6 is 0 Å². The number of sulfonamides is 1. The molecule has 1 atom stereocenters. The van der Waals surface area contributed by atoms with Crippen LogP contribution in [0.1, 0.15) is 18.4 Å². The molecule has 0 aromatic carbocycles. The number of rotatable bonds is 5. The molecule has 2 rings (SSSR count). The van der Waals surface area contributed by atoms with Crippen LogP contribution in [-0.2, 0) is 16.6 Å². The molecule has 0 spiro atoms.